The molecular weight excluding hydrogens is 773 g/mol. The third kappa shape index (κ3) is 10.5. The molecule has 1 amide bonds. The Morgan fingerprint density at radius 3 is 2.36 bits per heavy atom. The summed E-state index contributed by atoms with van der Waals surface area (Å²) < 4.78 is 17.8. The Labute approximate surface area is 354 Å². The SMILES string of the molecule is O=C(NC(c1ccccc1)c1cccc(OCc2cccc(C(=O)OCc3ccc(CCNCC(O)c4ccc(O)c5[nH]c(=O)ccc45)cc3)c2)c1)OC1CN2CCC1CC2. The third-order valence-corrected chi connectivity index (χ3v) is 11.6. The van der Waals surface area contributed by atoms with E-state index in [0.29, 0.717) is 53.2 Å². The number of aromatic amines is 1. The predicted octanol–water partition coefficient (Wildman–Crippen LogP) is 6.95. The van der Waals surface area contributed by atoms with Crippen molar-refractivity contribution in [3.8, 4) is 11.5 Å². The van der Waals surface area contributed by atoms with Gasteiger partial charge >= 0.3 is 12.1 Å². The number of aliphatic hydroxyl groups is 1. The molecule has 2 bridgehead atoms. The second kappa shape index (κ2) is 19.3. The molecule has 5 N–H and O–H groups in total. The minimum atomic E-state index is -0.836. The van der Waals surface area contributed by atoms with Crippen LogP contribution in [0.3, 0.4) is 0 Å². The molecule has 6 aromatic rings. The van der Waals surface area contributed by atoms with Crippen molar-refractivity contribution in [3.63, 3.8) is 0 Å². The smallest absolute Gasteiger partial charge is 0.408 e. The number of hydrogen-bond donors (Lipinski definition) is 5. The molecule has 12 nitrogen and oxygen atoms in total. The molecule has 61 heavy (non-hydrogen) atoms. The van der Waals surface area contributed by atoms with Gasteiger partial charge in [0.2, 0.25) is 5.56 Å². The lowest BCUT2D eigenvalue weighted by Gasteiger charge is -2.43. The second-order valence-corrected chi connectivity index (χ2v) is 15.8. The van der Waals surface area contributed by atoms with E-state index in [0.717, 1.165) is 60.3 Å². The number of hydrogen-bond acceptors (Lipinski definition) is 10. The Balaban J connectivity index is 0.804. The number of phenolic OH excluding ortho intramolecular Hbond substituents is 1. The molecule has 0 saturated carbocycles. The fourth-order valence-corrected chi connectivity index (χ4v) is 8.24. The first-order valence-corrected chi connectivity index (χ1v) is 20.8. The van der Waals surface area contributed by atoms with Crippen LogP contribution in [0.25, 0.3) is 10.9 Å². The monoisotopic (exact) mass is 822 g/mol. The zero-order valence-electron chi connectivity index (χ0n) is 33.8. The predicted molar refractivity (Wildman–Crippen MR) is 231 cm³/mol. The molecule has 1 aromatic heterocycles. The number of phenols is 1. The van der Waals surface area contributed by atoms with Gasteiger partial charge in [-0.2, -0.15) is 0 Å². The third-order valence-electron chi connectivity index (χ3n) is 11.6. The molecule has 3 atom stereocenters. The Kier molecular flexibility index (Phi) is 13.0. The lowest BCUT2D eigenvalue weighted by molar-refractivity contribution is -0.0336. The molecule has 5 aromatic carbocycles. The summed E-state index contributed by atoms with van der Waals surface area (Å²) in [5.41, 5.74) is 5.52. The standard InChI is InChI=1S/C49H50N4O8/c54-42-18-16-40(41-17-19-45(56)51-47(41)42)43(55)28-50-23-20-32-12-14-33(15-13-32)30-60-48(57)38-10-4-6-34(26-38)31-59-39-11-5-9-37(27-39)46(36-7-2-1-3-8-36)52-49(58)61-44-29-53-24-21-35(44)22-25-53/h1-19,26-27,35,43-44,46,50,54-55H,20-25,28-31H2,(H,51,56)(H,52,58). The van der Waals surface area contributed by atoms with Crippen LogP contribution in [0.4, 0.5) is 4.79 Å². The second-order valence-electron chi connectivity index (χ2n) is 15.8. The number of amides is 1. The minimum absolute atomic E-state index is 0.0484. The van der Waals surface area contributed by atoms with Crippen LogP contribution in [0.1, 0.15) is 68.7 Å². The van der Waals surface area contributed by atoms with Crippen molar-refractivity contribution in [3.05, 3.63) is 177 Å². The van der Waals surface area contributed by atoms with E-state index >= 15 is 0 Å². The van der Waals surface area contributed by atoms with Crippen LogP contribution in [-0.2, 0) is 29.1 Å². The van der Waals surface area contributed by atoms with Crippen molar-refractivity contribution in [1.29, 1.82) is 0 Å². The molecular formula is C49H50N4O8. The van der Waals surface area contributed by atoms with Crippen LogP contribution in [0.2, 0.25) is 0 Å². The number of rotatable bonds is 16. The number of fused-ring (bicyclic) bond motifs is 4. The van der Waals surface area contributed by atoms with Gasteiger partial charge in [0, 0.05) is 24.5 Å². The van der Waals surface area contributed by atoms with Crippen molar-refractivity contribution in [2.75, 3.05) is 32.7 Å². The van der Waals surface area contributed by atoms with E-state index in [1.165, 1.54) is 12.1 Å². The molecule has 12 heteroatoms. The number of H-pyrrole nitrogens is 1. The number of benzene rings is 5. The van der Waals surface area contributed by atoms with E-state index in [-0.39, 0.29) is 30.6 Å². The van der Waals surface area contributed by atoms with E-state index in [1.54, 1.807) is 30.3 Å². The molecule has 3 saturated heterocycles. The quantitative estimate of drug-likeness (QED) is 0.0511. The lowest BCUT2D eigenvalue weighted by atomic mass is 9.86. The average Bonchev–Trinajstić information content (AvgIpc) is 3.29. The number of carbonyl (C=O) groups is 2. The van der Waals surface area contributed by atoms with E-state index in [2.05, 4.69) is 20.5 Å². The molecule has 9 rings (SSSR count). The van der Waals surface area contributed by atoms with Crippen molar-refractivity contribution in [2.24, 2.45) is 5.92 Å². The Morgan fingerprint density at radius 2 is 1.57 bits per heavy atom. The molecule has 3 aliphatic heterocycles. The normalized spacial score (nSPS) is 18.0. The zero-order chi connectivity index (χ0) is 42.1. The van der Waals surface area contributed by atoms with Crippen LogP contribution in [0.5, 0.6) is 11.5 Å². The van der Waals surface area contributed by atoms with E-state index in [4.69, 9.17) is 14.2 Å². The highest BCUT2D eigenvalue weighted by Gasteiger charge is 2.37. The molecule has 0 radical (unpaired) electrons. The number of aromatic nitrogens is 1. The molecule has 4 heterocycles. The Hall–Kier alpha value is -6.47. The van der Waals surface area contributed by atoms with Crippen molar-refractivity contribution in [1.82, 2.24) is 20.5 Å². The highest BCUT2D eigenvalue weighted by atomic mass is 16.6. The first-order valence-electron chi connectivity index (χ1n) is 20.8. The number of aliphatic hydroxyl groups excluding tert-OH is 1. The number of nitrogens with zero attached hydrogens (tertiary/aromatic N) is 1. The fraction of sp³-hybridized carbons (Fsp3) is 0.286. The van der Waals surface area contributed by atoms with Crippen molar-refractivity contribution in [2.45, 2.75) is 50.7 Å². The van der Waals surface area contributed by atoms with Crippen molar-refractivity contribution >= 4 is 23.0 Å². The zero-order valence-corrected chi connectivity index (χ0v) is 33.8. The number of esters is 1. The highest BCUT2D eigenvalue weighted by molar-refractivity contribution is 5.89. The summed E-state index contributed by atoms with van der Waals surface area (Å²) in [5.74, 6) is 0.547. The summed E-state index contributed by atoms with van der Waals surface area (Å²) in [6.07, 6.45) is 1.48. The average molecular weight is 823 g/mol. The van der Waals surface area contributed by atoms with Gasteiger partial charge in [-0.3, -0.25) is 9.69 Å². The maximum atomic E-state index is 13.3. The van der Waals surface area contributed by atoms with E-state index in [9.17, 15) is 24.6 Å². The molecule has 3 unspecified atom stereocenters. The van der Waals surface area contributed by atoms with E-state index < -0.39 is 24.2 Å². The van der Waals surface area contributed by atoms with Gasteiger partial charge in [0.25, 0.3) is 0 Å². The van der Waals surface area contributed by atoms with E-state index in [1.807, 2.05) is 84.9 Å². The van der Waals surface area contributed by atoms with Gasteiger partial charge in [-0.1, -0.05) is 84.9 Å². The van der Waals surface area contributed by atoms with Gasteiger partial charge in [-0.05, 0) is 115 Å². The Bertz CT molecular complexity index is 2500. The summed E-state index contributed by atoms with van der Waals surface area (Å²) in [5, 5.41) is 27.9. The number of carbonyl (C=O) groups excluding carboxylic acids is 2. The van der Waals surface area contributed by atoms with Crippen LogP contribution in [0, 0.1) is 5.92 Å². The van der Waals surface area contributed by atoms with Crippen LogP contribution >= 0.6 is 0 Å². The first-order chi connectivity index (χ1) is 29.8. The number of pyridine rings is 1. The van der Waals surface area contributed by atoms with Gasteiger partial charge in [-0.25, -0.2) is 9.59 Å². The number of ether oxygens (including phenoxy) is 3. The maximum absolute atomic E-state index is 13.3. The van der Waals surface area contributed by atoms with Gasteiger partial charge < -0.3 is 40.0 Å². The van der Waals surface area contributed by atoms with Crippen molar-refractivity contribution < 1.29 is 34.0 Å². The molecule has 3 aliphatic rings. The van der Waals surface area contributed by atoms with Crippen LogP contribution in [0.15, 0.2) is 132 Å². The van der Waals surface area contributed by atoms with Crippen LogP contribution in [-0.4, -0.2) is 71.0 Å². The lowest BCUT2D eigenvalue weighted by Crippen LogP contribution is -2.52. The van der Waals surface area contributed by atoms with Gasteiger partial charge in [0.15, 0.2) is 0 Å². The minimum Gasteiger partial charge on any atom is -0.506 e. The molecule has 3 fully saturated rings. The van der Waals surface area contributed by atoms with Gasteiger partial charge in [-0.15, -0.1) is 0 Å². The summed E-state index contributed by atoms with van der Waals surface area (Å²) in [6.45, 7) is 4.18. The van der Waals surface area contributed by atoms with Crippen LogP contribution < -0.4 is 20.9 Å². The molecule has 0 spiro atoms. The summed E-state index contributed by atoms with van der Waals surface area (Å²) >= 11 is 0. The van der Waals surface area contributed by atoms with Gasteiger partial charge in [0.1, 0.15) is 30.8 Å². The van der Waals surface area contributed by atoms with Gasteiger partial charge in [0.05, 0.1) is 23.2 Å². The Morgan fingerprint density at radius 1 is 0.803 bits per heavy atom. The summed E-state index contributed by atoms with van der Waals surface area (Å²) in [4.78, 5) is 43.0. The largest absolute Gasteiger partial charge is 0.506 e. The topological polar surface area (TPSA) is 162 Å². The number of nitrogens with one attached hydrogen (secondary N) is 3. The number of aromatic hydroxyl groups is 1. The fourth-order valence-electron chi connectivity index (χ4n) is 8.24. The first kappa shape index (κ1) is 41.3. The molecule has 0 aliphatic carbocycles. The summed E-state index contributed by atoms with van der Waals surface area (Å²) in [7, 11) is 0. The maximum Gasteiger partial charge on any atom is 0.408 e. The molecule has 314 valence electrons. The summed E-state index contributed by atoms with van der Waals surface area (Å²) in [6, 6.07) is 38.1. The number of piperidine rings is 3. The number of alkyl carbamates (subject to hydrolysis) is 1. The highest BCUT2D eigenvalue weighted by Crippen LogP contribution is 2.31.